The molecule has 2 atom stereocenters. The van der Waals surface area contributed by atoms with Crippen molar-refractivity contribution in [1.82, 2.24) is 5.32 Å². The standard InChI is InChI=1S/C13H15ClN2O5/c1-3-7(2)10(13(18)19)15-12(17)8-5-4-6-9(14)11(8)16(20)21/h4-7,10H,3H2,1-2H3,(H,15,17)(H,18,19)/t7-,10-/m0/s1. The number of aliphatic carboxylic acids is 1. The van der Waals surface area contributed by atoms with Crippen LogP contribution in [0.1, 0.15) is 30.6 Å². The molecule has 0 saturated carbocycles. The summed E-state index contributed by atoms with van der Waals surface area (Å²) < 4.78 is 0. The summed E-state index contributed by atoms with van der Waals surface area (Å²) in [6, 6.07) is 2.79. The van der Waals surface area contributed by atoms with Crippen LogP contribution in [0.15, 0.2) is 18.2 Å². The molecule has 0 aliphatic rings. The number of hydrogen-bond acceptors (Lipinski definition) is 4. The third-order valence-electron chi connectivity index (χ3n) is 3.18. The van der Waals surface area contributed by atoms with Gasteiger partial charge in [-0.25, -0.2) is 4.79 Å². The number of carbonyl (C=O) groups excluding carboxylic acids is 1. The van der Waals surface area contributed by atoms with Crippen molar-refractivity contribution >= 4 is 29.2 Å². The smallest absolute Gasteiger partial charge is 0.326 e. The molecule has 0 spiro atoms. The highest BCUT2D eigenvalue weighted by Gasteiger charge is 2.29. The number of para-hydroxylation sites is 1. The Morgan fingerprint density at radius 3 is 2.57 bits per heavy atom. The van der Waals surface area contributed by atoms with Gasteiger partial charge in [-0.05, 0) is 18.1 Å². The van der Waals surface area contributed by atoms with Gasteiger partial charge in [0.2, 0.25) is 0 Å². The van der Waals surface area contributed by atoms with Gasteiger partial charge >= 0.3 is 11.7 Å². The van der Waals surface area contributed by atoms with Gasteiger partial charge in [0.1, 0.15) is 16.6 Å². The van der Waals surface area contributed by atoms with Gasteiger partial charge in [-0.2, -0.15) is 0 Å². The van der Waals surface area contributed by atoms with Crippen LogP contribution in [0.2, 0.25) is 5.02 Å². The molecule has 0 bridgehead atoms. The molecule has 0 radical (unpaired) electrons. The average Bonchev–Trinajstić information content (AvgIpc) is 2.42. The first kappa shape index (κ1) is 16.9. The molecule has 1 amide bonds. The molecule has 114 valence electrons. The number of nitro benzene ring substituents is 1. The normalized spacial score (nSPS) is 13.3. The van der Waals surface area contributed by atoms with Gasteiger partial charge in [-0.15, -0.1) is 0 Å². The Morgan fingerprint density at radius 1 is 1.48 bits per heavy atom. The van der Waals surface area contributed by atoms with E-state index in [1.807, 2.05) is 0 Å². The number of amides is 1. The van der Waals surface area contributed by atoms with Crippen LogP contribution in [-0.4, -0.2) is 27.9 Å². The summed E-state index contributed by atoms with van der Waals surface area (Å²) in [5.41, 5.74) is -0.799. The summed E-state index contributed by atoms with van der Waals surface area (Å²) in [5, 5.41) is 22.2. The molecule has 0 saturated heterocycles. The van der Waals surface area contributed by atoms with E-state index >= 15 is 0 Å². The maximum absolute atomic E-state index is 12.1. The van der Waals surface area contributed by atoms with E-state index in [9.17, 15) is 19.7 Å². The number of carboxylic acid groups (broad SMARTS) is 1. The second kappa shape index (κ2) is 7.03. The lowest BCUT2D eigenvalue weighted by molar-refractivity contribution is -0.385. The van der Waals surface area contributed by atoms with Gasteiger partial charge < -0.3 is 10.4 Å². The van der Waals surface area contributed by atoms with Gasteiger partial charge in [-0.3, -0.25) is 14.9 Å². The summed E-state index contributed by atoms with van der Waals surface area (Å²) in [7, 11) is 0. The highest BCUT2D eigenvalue weighted by Crippen LogP contribution is 2.28. The topological polar surface area (TPSA) is 110 Å². The van der Waals surface area contributed by atoms with Gasteiger partial charge in [0, 0.05) is 0 Å². The van der Waals surface area contributed by atoms with Crippen molar-refractivity contribution in [3.8, 4) is 0 Å². The fourth-order valence-corrected chi connectivity index (χ4v) is 2.03. The summed E-state index contributed by atoms with van der Waals surface area (Å²) >= 11 is 5.72. The number of carbonyl (C=O) groups is 2. The van der Waals surface area contributed by atoms with Crippen molar-refractivity contribution in [2.24, 2.45) is 5.92 Å². The number of rotatable bonds is 6. The second-order valence-corrected chi connectivity index (χ2v) is 4.98. The van der Waals surface area contributed by atoms with E-state index in [1.165, 1.54) is 18.2 Å². The van der Waals surface area contributed by atoms with Crippen LogP contribution in [-0.2, 0) is 4.79 Å². The van der Waals surface area contributed by atoms with Crippen molar-refractivity contribution < 1.29 is 19.6 Å². The minimum Gasteiger partial charge on any atom is -0.480 e. The highest BCUT2D eigenvalue weighted by molar-refractivity contribution is 6.33. The largest absolute Gasteiger partial charge is 0.480 e. The van der Waals surface area contributed by atoms with Crippen molar-refractivity contribution in [3.63, 3.8) is 0 Å². The van der Waals surface area contributed by atoms with Crippen LogP contribution >= 0.6 is 11.6 Å². The number of nitro groups is 1. The van der Waals surface area contributed by atoms with E-state index in [-0.39, 0.29) is 16.5 Å². The molecule has 1 aromatic carbocycles. The molecule has 0 fully saturated rings. The third kappa shape index (κ3) is 3.91. The third-order valence-corrected chi connectivity index (χ3v) is 3.48. The van der Waals surface area contributed by atoms with Gasteiger partial charge in [0.25, 0.3) is 5.91 Å². The summed E-state index contributed by atoms with van der Waals surface area (Å²) in [6.07, 6.45) is 0.537. The fraction of sp³-hybridized carbons (Fsp3) is 0.385. The van der Waals surface area contributed by atoms with Crippen LogP contribution in [0.5, 0.6) is 0 Å². The van der Waals surface area contributed by atoms with E-state index in [1.54, 1.807) is 13.8 Å². The van der Waals surface area contributed by atoms with E-state index in [0.717, 1.165) is 0 Å². The van der Waals surface area contributed by atoms with Crippen molar-refractivity contribution in [2.75, 3.05) is 0 Å². The molecule has 1 rings (SSSR count). The number of hydrogen-bond donors (Lipinski definition) is 2. The predicted octanol–water partition coefficient (Wildman–Crippen LogP) is 2.48. The molecule has 0 unspecified atom stereocenters. The minimum atomic E-state index is -1.19. The van der Waals surface area contributed by atoms with Gasteiger partial charge in [0.15, 0.2) is 0 Å². The molecule has 0 aliphatic carbocycles. The Balaban J connectivity index is 3.12. The molecule has 0 aliphatic heterocycles. The van der Waals surface area contributed by atoms with E-state index in [0.29, 0.717) is 6.42 Å². The van der Waals surface area contributed by atoms with Crippen LogP contribution < -0.4 is 5.32 Å². The molecule has 0 aromatic heterocycles. The first-order chi connectivity index (χ1) is 9.79. The van der Waals surface area contributed by atoms with Crippen LogP contribution in [0, 0.1) is 16.0 Å². The van der Waals surface area contributed by atoms with E-state index in [4.69, 9.17) is 16.7 Å². The van der Waals surface area contributed by atoms with Crippen LogP contribution in [0.3, 0.4) is 0 Å². The van der Waals surface area contributed by atoms with Gasteiger partial charge in [-0.1, -0.05) is 37.9 Å². The Bertz CT molecular complexity index is 576. The molecule has 0 heterocycles. The molecule has 2 N–H and O–H groups in total. The zero-order valence-electron chi connectivity index (χ0n) is 11.5. The zero-order valence-corrected chi connectivity index (χ0v) is 12.3. The first-order valence-electron chi connectivity index (χ1n) is 6.26. The maximum Gasteiger partial charge on any atom is 0.326 e. The predicted molar refractivity (Wildman–Crippen MR) is 76.5 cm³/mol. The molecule has 21 heavy (non-hydrogen) atoms. The molecule has 1 aromatic rings. The SMILES string of the molecule is CC[C@H](C)[C@H](NC(=O)c1cccc(Cl)c1[N+](=O)[O-])C(=O)O. The molecule has 8 heteroatoms. The summed E-state index contributed by atoms with van der Waals surface area (Å²) in [5.74, 6) is -2.34. The number of nitrogens with one attached hydrogen (secondary N) is 1. The number of carboxylic acids is 1. The van der Waals surface area contributed by atoms with Crippen LogP contribution in [0.25, 0.3) is 0 Å². The minimum absolute atomic E-state index is 0.178. The lowest BCUT2D eigenvalue weighted by Gasteiger charge is -2.20. The van der Waals surface area contributed by atoms with Crippen molar-refractivity contribution in [3.05, 3.63) is 38.9 Å². The Hall–Kier alpha value is -2.15. The number of nitrogens with zero attached hydrogens (tertiary/aromatic N) is 1. The maximum atomic E-state index is 12.1. The van der Waals surface area contributed by atoms with Crippen molar-refractivity contribution in [2.45, 2.75) is 26.3 Å². The molecular formula is C13H15ClN2O5. The fourth-order valence-electron chi connectivity index (χ4n) is 1.79. The molecular weight excluding hydrogens is 300 g/mol. The number of halogens is 1. The Morgan fingerprint density at radius 2 is 2.10 bits per heavy atom. The second-order valence-electron chi connectivity index (χ2n) is 4.57. The first-order valence-corrected chi connectivity index (χ1v) is 6.63. The van der Waals surface area contributed by atoms with E-state index < -0.39 is 28.5 Å². The summed E-state index contributed by atoms with van der Waals surface area (Å²) in [4.78, 5) is 33.5. The number of benzene rings is 1. The Kier molecular flexibility index (Phi) is 5.66. The zero-order chi connectivity index (χ0) is 16.2. The van der Waals surface area contributed by atoms with Crippen molar-refractivity contribution in [1.29, 1.82) is 0 Å². The summed E-state index contributed by atoms with van der Waals surface area (Å²) in [6.45, 7) is 3.46. The lowest BCUT2D eigenvalue weighted by atomic mass is 9.99. The highest BCUT2D eigenvalue weighted by atomic mass is 35.5. The van der Waals surface area contributed by atoms with E-state index in [2.05, 4.69) is 5.32 Å². The monoisotopic (exact) mass is 314 g/mol. The Labute approximate surface area is 126 Å². The quantitative estimate of drug-likeness (QED) is 0.619. The van der Waals surface area contributed by atoms with Gasteiger partial charge in [0.05, 0.1) is 4.92 Å². The lowest BCUT2D eigenvalue weighted by Crippen LogP contribution is -2.45. The molecule has 7 nitrogen and oxygen atoms in total. The average molecular weight is 315 g/mol. The van der Waals surface area contributed by atoms with Crippen LogP contribution in [0.4, 0.5) is 5.69 Å².